The number of ether oxygens (including phenoxy) is 1. The van der Waals surface area contributed by atoms with Crippen molar-refractivity contribution in [1.82, 2.24) is 9.88 Å². The molecule has 1 aromatic rings. The number of thiazole rings is 1. The van der Waals surface area contributed by atoms with E-state index in [-0.39, 0.29) is 12.5 Å². The van der Waals surface area contributed by atoms with Gasteiger partial charge in [0, 0.05) is 30.9 Å². The summed E-state index contributed by atoms with van der Waals surface area (Å²) >= 11 is 1.58. The molecule has 2 aliphatic rings. The Morgan fingerprint density at radius 2 is 2.09 bits per heavy atom. The average molecular weight is 339 g/mol. The Morgan fingerprint density at radius 3 is 2.78 bits per heavy atom. The van der Waals surface area contributed by atoms with Crippen molar-refractivity contribution >= 4 is 22.4 Å². The maximum Gasteiger partial charge on any atom is 0.240 e. The van der Waals surface area contributed by atoms with E-state index in [2.05, 4.69) is 15.2 Å². The van der Waals surface area contributed by atoms with Crippen LogP contribution in [0.3, 0.4) is 0 Å². The molecule has 7 heteroatoms. The zero-order chi connectivity index (χ0) is 16.1. The van der Waals surface area contributed by atoms with Gasteiger partial charge in [0.1, 0.15) is 0 Å². The Bertz CT molecular complexity index is 508. The summed E-state index contributed by atoms with van der Waals surface area (Å²) in [5.41, 5.74) is 0. The molecule has 6 nitrogen and oxygen atoms in total. The zero-order valence-corrected chi connectivity index (χ0v) is 14.2. The van der Waals surface area contributed by atoms with Gasteiger partial charge in [-0.1, -0.05) is 0 Å². The predicted octanol–water partition coefficient (Wildman–Crippen LogP) is 1.68. The molecule has 0 aliphatic carbocycles. The van der Waals surface area contributed by atoms with E-state index in [0.29, 0.717) is 23.5 Å². The number of aliphatic hydroxyl groups is 1. The molecule has 1 amide bonds. The number of hydrogen-bond donors (Lipinski definition) is 2. The van der Waals surface area contributed by atoms with Crippen LogP contribution in [0, 0.1) is 5.92 Å². The molecule has 2 N–H and O–H groups in total. The van der Waals surface area contributed by atoms with Gasteiger partial charge in [0.15, 0.2) is 5.13 Å². The quantitative estimate of drug-likeness (QED) is 0.854. The standard InChI is InChI=1S/C16H25N3O3S/c20-11-12-1-5-19(6-2-12)10-15(21)18-16-17-9-14(23-16)13-3-7-22-8-4-13/h9,12-13,20H,1-8,10-11H2,(H,17,18,21). The van der Waals surface area contributed by atoms with Gasteiger partial charge < -0.3 is 15.2 Å². The molecule has 3 rings (SSSR count). The number of hydrogen-bond acceptors (Lipinski definition) is 6. The van der Waals surface area contributed by atoms with Crippen molar-refractivity contribution in [2.75, 3.05) is 44.8 Å². The molecule has 0 saturated carbocycles. The summed E-state index contributed by atoms with van der Waals surface area (Å²) < 4.78 is 5.39. The number of piperidine rings is 1. The van der Waals surface area contributed by atoms with Crippen LogP contribution >= 0.6 is 11.3 Å². The number of aliphatic hydroxyl groups excluding tert-OH is 1. The minimum absolute atomic E-state index is 0.000302. The van der Waals surface area contributed by atoms with Gasteiger partial charge in [-0.2, -0.15) is 0 Å². The van der Waals surface area contributed by atoms with Crippen molar-refractivity contribution in [2.24, 2.45) is 5.92 Å². The molecule has 3 heterocycles. The number of nitrogens with one attached hydrogen (secondary N) is 1. The molecule has 23 heavy (non-hydrogen) atoms. The highest BCUT2D eigenvalue weighted by molar-refractivity contribution is 7.15. The second kappa shape index (κ2) is 8.19. The van der Waals surface area contributed by atoms with Crippen LogP contribution in [0.2, 0.25) is 0 Å². The monoisotopic (exact) mass is 339 g/mol. The van der Waals surface area contributed by atoms with Crippen LogP contribution in [0.5, 0.6) is 0 Å². The molecule has 0 radical (unpaired) electrons. The van der Waals surface area contributed by atoms with Crippen molar-refractivity contribution in [1.29, 1.82) is 0 Å². The van der Waals surface area contributed by atoms with Gasteiger partial charge >= 0.3 is 0 Å². The van der Waals surface area contributed by atoms with Crippen molar-refractivity contribution in [3.63, 3.8) is 0 Å². The number of carbonyl (C=O) groups excluding carboxylic acids is 1. The Balaban J connectivity index is 1.45. The minimum atomic E-state index is 0.000302. The second-order valence-corrected chi connectivity index (χ2v) is 7.47. The minimum Gasteiger partial charge on any atom is -0.396 e. The fourth-order valence-electron chi connectivity index (χ4n) is 3.20. The van der Waals surface area contributed by atoms with E-state index in [9.17, 15) is 4.79 Å². The Kier molecular flexibility index (Phi) is 5.99. The Hall–Kier alpha value is -1.02. The fourth-order valence-corrected chi connectivity index (χ4v) is 4.21. The van der Waals surface area contributed by atoms with E-state index in [0.717, 1.165) is 52.0 Å². The van der Waals surface area contributed by atoms with Crippen molar-refractivity contribution in [3.05, 3.63) is 11.1 Å². The number of amides is 1. The number of aromatic nitrogens is 1. The summed E-state index contributed by atoms with van der Waals surface area (Å²) in [5, 5.41) is 12.8. The third-order valence-electron chi connectivity index (χ3n) is 4.73. The molecule has 0 unspecified atom stereocenters. The Morgan fingerprint density at radius 1 is 1.35 bits per heavy atom. The number of anilines is 1. The molecule has 128 valence electrons. The SMILES string of the molecule is O=C(CN1CCC(CO)CC1)Nc1ncc(C2CCOCC2)s1. The smallest absolute Gasteiger partial charge is 0.240 e. The first-order valence-electron chi connectivity index (χ1n) is 8.41. The van der Waals surface area contributed by atoms with E-state index in [1.165, 1.54) is 4.88 Å². The first kappa shape index (κ1) is 16.8. The number of likely N-dealkylation sites (tertiary alicyclic amines) is 1. The summed E-state index contributed by atoms with van der Waals surface area (Å²) in [6.07, 6.45) is 5.90. The lowest BCUT2D eigenvalue weighted by molar-refractivity contribution is -0.117. The van der Waals surface area contributed by atoms with E-state index < -0.39 is 0 Å². The maximum absolute atomic E-state index is 12.2. The predicted molar refractivity (Wildman–Crippen MR) is 89.8 cm³/mol. The summed E-state index contributed by atoms with van der Waals surface area (Å²) in [4.78, 5) is 19.9. The summed E-state index contributed by atoms with van der Waals surface area (Å²) in [7, 11) is 0. The highest BCUT2D eigenvalue weighted by atomic mass is 32.1. The third kappa shape index (κ3) is 4.73. The van der Waals surface area contributed by atoms with Crippen LogP contribution in [0.4, 0.5) is 5.13 Å². The van der Waals surface area contributed by atoms with E-state index in [1.807, 2.05) is 6.20 Å². The van der Waals surface area contributed by atoms with Crippen molar-refractivity contribution < 1.29 is 14.6 Å². The lowest BCUT2D eigenvalue weighted by Gasteiger charge is -2.30. The molecule has 2 saturated heterocycles. The van der Waals surface area contributed by atoms with Crippen LogP contribution in [-0.2, 0) is 9.53 Å². The van der Waals surface area contributed by atoms with Gasteiger partial charge in [-0.15, -0.1) is 11.3 Å². The fraction of sp³-hybridized carbons (Fsp3) is 0.750. The molecule has 1 aromatic heterocycles. The number of rotatable bonds is 5. The average Bonchev–Trinajstić information content (AvgIpc) is 3.04. The largest absolute Gasteiger partial charge is 0.396 e. The van der Waals surface area contributed by atoms with Crippen LogP contribution in [-0.4, -0.2) is 60.4 Å². The van der Waals surface area contributed by atoms with Gasteiger partial charge in [0.2, 0.25) is 5.91 Å². The third-order valence-corrected chi connectivity index (χ3v) is 5.80. The molecular weight excluding hydrogens is 314 g/mol. The van der Waals surface area contributed by atoms with Crippen LogP contribution in [0.15, 0.2) is 6.20 Å². The Labute approximate surface area is 140 Å². The van der Waals surface area contributed by atoms with Crippen molar-refractivity contribution in [3.8, 4) is 0 Å². The molecule has 2 aliphatic heterocycles. The lowest BCUT2D eigenvalue weighted by Crippen LogP contribution is -2.39. The van der Waals surface area contributed by atoms with Crippen molar-refractivity contribution in [2.45, 2.75) is 31.6 Å². The first-order chi connectivity index (χ1) is 11.2. The summed E-state index contributed by atoms with van der Waals surface area (Å²) in [6, 6.07) is 0. The van der Waals surface area contributed by atoms with Gasteiger partial charge in [-0.25, -0.2) is 4.98 Å². The molecule has 0 atom stereocenters. The normalized spacial score (nSPS) is 21.4. The van der Waals surface area contributed by atoms with E-state index >= 15 is 0 Å². The number of nitrogens with zero attached hydrogens (tertiary/aromatic N) is 2. The van der Waals surface area contributed by atoms with E-state index in [4.69, 9.17) is 9.84 Å². The number of carbonyl (C=O) groups is 1. The topological polar surface area (TPSA) is 74.7 Å². The van der Waals surface area contributed by atoms with Gasteiger partial charge in [0.25, 0.3) is 0 Å². The molecular formula is C16H25N3O3S. The highest BCUT2D eigenvalue weighted by Crippen LogP contribution is 2.32. The van der Waals surface area contributed by atoms with Crippen LogP contribution in [0.1, 0.15) is 36.5 Å². The van der Waals surface area contributed by atoms with E-state index in [1.54, 1.807) is 11.3 Å². The highest BCUT2D eigenvalue weighted by Gasteiger charge is 2.22. The van der Waals surface area contributed by atoms with Gasteiger partial charge in [0.05, 0.1) is 6.54 Å². The van der Waals surface area contributed by atoms with Crippen LogP contribution < -0.4 is 5.32 Å². The summed E-state index contributed by atoms with van der Waals surface area (Å²) in [5.74, 6) is 0.917. The first-order valence-corrected chi connectivity index (χ1v) is 9.23. The molecule has 0 spiro atoms. The second-order valence-electron chi connectivity index (χ2n) is 6.40. The van der Waals surface area contributed by atoms with Crippen LogP contribution in [0.25, 0.3) is 0 Å². The maximum atomic E-state index is 12.2. The van der Waals surface area contributed by atoms with Gasteiger partial charge in [-0.3, -0.25) is 9.69 Å². The molecule has 0 bridgehead atoms. The lowest BCUT2D eigenvalue weighted by atomic mass is 9.98. The summed E-state index contributed by atoms with van der Waals surface area (Å²) in [6.45, 7) is 4.05. The van der Waals surface area contributed by atoms with Gasteiger partial charge in [-0.05, 0) is 50.6 Å². The molecule has 0 aromatic carbocycles. The zero-order valence-electron chi connectivity index (χ0n) is 13.4. The molecule has 2 fully saturated rings.